The van der Waals surface area contributed by atoms with Crippen LogP contribution in [0, 0.1) is 0 Å². The first kappa shape index (κ1) is 16.0. The fraction of sp³-hybridized carbons (Fsp3) is 0.412. The molecule has 0 spiro atoms. The van der Waals surface area contributed by atoms with E-state index in [1.807, 2.05) is 19.2 Å². The lowest BCUT2D eigenvalue weighted by atomic mass is 10.0. The van der Waals surface area contributed by atoms with Crippen LogP contribution in [0.4, 0.5) is 0 Å². The Balaban J connectivity index is 1.55. The van der Waals surface area contributed by atoms with Gasteiger partial charge in [0.05, 0.1) is 11.8 Å². The van der Waals surface area contributed by atoms with Gasteiger partial charge in [0.25, 0.3) is 5.91 Å². The molecule has 1 aromatic carbocycles. The number of piperidine rings is 1. The summed E-state index contributed by atoms with van der Waals surface area (Å²) in [7, 11) is 1.81. The van der Waals surface area contributed by atoms with E-state index in [2.05, 4.69) is 27.4 Å². The van der Waals surface area contributed by atoms with E-state index < -0.39 is 0 Å². The number of aryl methyl sites for hydroxylation is 1. The molecule has 1 amide bonds. The number of rotatable bonds is 4. The number of amides is 1. The smallest absolute Gasteiger partial charge is 0.254 e. The fourth-order valence-electron chi connectivity index (χ4n) is 2.97. The van der Waals surface area contributed by atoms with Crippen molar-refractivity contribution in [1.29, 1.82) is 0 Å². The lowest BCUT2D eigenvalue weighted by Crippen LogP contribution is -2.47. The summed E-state index contributed by atoms with van der Waals surface area (Å²) in [4.78, 5) is 14.6. The van der Waals surface area contributed by atoms with Crippen LogP contribution in [0.3, 0.4) is 0 Å². The first-order chi connectivity index (χ1) is 11.1. The monoisotopic (exact) mass is 332 g/mol. The molecule has 1 unspecified atom stereocenters. The Morgan fingerprint density at radius 2 is 2.17 bits per heavy atom. The molecule has 0 radical (unpaired) electrons. The largest absolute Gasteiger partial charge is 0.348 e. The molecule has 1 N–H and O–H groups in total. The highest BCUT2D eigenvalue weighted by Gasteiger charge is 2.22. The zero-order chi connectivity index (χ0) is 16.2. The van der Waals surface area contributed by atoms with Crippen molar-refractivity contribution in [2.75, 3.05) is 13.1 Å². The molecule has 1 saturated heterocycles. The van der Waals surface area contributed by atoms with Crippen molar-refractivity contribution in [3.63, 3.8) is 0 Å². The summed E-state index contributed by atoms with van der Waals surface area (Å²) < 4.78 is 1.64. The van der Waals surface area contributed by atoms with Crippen LogP contribution in [0.1, 0.15) is 28.8 Å². The Morgan fingerprint density at radius 1 is 1.39 bits per heavy atom. The van der Waals surface area contributed by atoms with Gasteiger partial charge in [0, 0.05) is 37.4 Å². The van der Waals surface area contributed by atoms with Crippen molar-refractivity contribution >= 4 is 17.5 Å². The maximum Gasteiger partial charge on any atom is 0.254 e. The van der Waals surface area contributed by atoms with Gasteiger partial charge >= 0.3 is 0 Å². The minimum atomic E-state index is -0.0450. The highest BCUT2D eigenvalue weighted by molar-refractivity contribution is 6.30. The van der Waals surface area contributed by atoms with E-state index >= 15 is 0 Å². The zero-order valence-electron chi connectivity index (χ0n) is 13.2. The van der Waals surface area contributed by atoms with Gasteiger partial charge in [-0.25, -0.2) is 0 Å². The molecular weight excluding hydrogens is 312 g/mol. The number of hydrogen-bond donors (Lipinski definition) is 1. The summed E-state index contributed by atoms with van der Waals surface area (Å²) in [5.41, 5.74) is 1.86. The van der Waals surface area contributed by atoms with Crippen molar-refractivity contribution in [3.05, 3.63) is 52.8 Å². The van der Waals surface area contributed by atoms with Gasteiger partial charge in [0.1, 0.15) is 0 Å². The molecule has 122 valence electrons. The van der Waals surface area contributed by atoms with Gasteiger partial charge in [-0.05, 0) is 37.1 Å². The molecular formula is C17H21ClN4O. The third-order valence-electron chi connectivity index (χ3n) is 4.13. The first-order valence-electron chi connectivity index (χ1n) is 7.86. The molecule has 0 saturated carbocycles. The topological polar surface area (TPSA) is 50.2 Å². The summed E-state index contributed by atoms with van der Waals surface area (Å²) >= 11 is 5.93. The van der Waals surface area contributed by atoms with Crippen LogP contribution >= 0.6 is 11.6 Å². The van der Waals surface area contributed by atoms with Crippen molar-refractivity contribution in [2.45, 2.75) is 25.4 Å². The Morgan fingerprint density at radius 3 is 2.87 bits per heavy atom. The maximum atomic E-state index is 12.2. The van der Waals surface area contributed by atoms with Crippen molar-refractivity contribution in [2.24, 2.45) is 7.05 Å². The molecule has 0 bridgehead atoms. The number of benzene rings is 1. The van der Waals surface area contributed by atoms with Crippen LogP contribution in [-0.2, 0) is 13.6 Å². The van der Waals surface area contributed by atoms with Crippen LogP contribution in [-0.4, -0.2) is 39.7 Å². The summed E-state index contributed by atoms with van der Waals surface area (Å²) in [5, 5.41) is 7.92. The maximum absolute atomic E-state index is 12.2. The number of hydrogen-bond acceptors (Lipinski definition) is 3. The third kappa shape index (κ3) is 4.33. The number of halogens is 1. The molecule has 1 atom stereocenters. The quantitative estimate of drug-likeness (QED) is 0.935. The SMILES string of the molecule is Cn1cc(C(=O)NC2CCCN(Cc3ccc(Cl)cc3)C2)cn1. The second-order valence-electron chi connectivity index (χ2n) is 6.08. The number of likely N-dealkylation sites (tertiary alicyclic amines) is 1. The second-order valence-corrected chi connectivity index (χ2v) is 6.51. The lowest BCUT2D eigenvalue weighted by Gasteiger charge is -2.33. The van der Waals surface area contributed by atoms with Gasteiger partial charge in [-0.3, -0.25) is 14.4 Å². The van der Waals surface area contributed by atoms with E-state index in [9.17, 15) is 4.79 Å². The predicted octanol–water partition coefficient (Wildman–Crippen LogP) is 2.47. The van der Waals surface area contributed by atoms with E-state index in [-0.39, 0.29) is 11.9 Å². The molecule has 1 aromatic heterocycles. The molecule has 1 aliphatic heterocycles. The number of aromatic nitrogens is 2. The molecule has 1 aliphatic rings. The molecule has 23 heavy (non-hydrogen) atoms. The van der Waals surface area contributed by atoms with Gasteiger partial charge in [-0.2, -0.15) is 5.10 Å². The molecule has 2 aromatic rings. The van der Waals surface area contributed by atoms with Gasteiger partial charge < -0.3 is 5.32 Å². The Hall–Kier alpha value is -1.85. The van der Waals surface area contributed by atoms with E-state index in [1.54, 1.807) is 17.1 Å². The predicted molar refractivity (Wildman–Crippen MR) is 90.4 cm³/mol. The van der Waals surface area contributed by atoms with Crippen LogP contribution < -0.4 is 5.32 Å². The first-order valence-corrected chi connectivity index (χ1v) is 8.24. The Kier molecular flexibility index (Phi) is 4.98. The van der Waals surface area contributed by atoms with Crippen LogP contribution in [0.25, 0.3) is 0 Å². The van der Waals surface area contributed by atoms with Gasteiger partial charge in [-0.15, -0.1) is 0 Å². The number of carbonyl (C=O) groups excluding carboxylic acids is 1. The van der Waals surface area contributed by atoms with Crippen LogP contribution in [0.15, 0.2) is 36.7 Å². The fourth-order valence-corrected chi connectivity index (χ4v) is 3.10. The number of carbonyl (C=O) groups is 1. The van der Waals surface area contributed by atoms with E-state index in [1.165, 1.54) is 5.56 Å². The number of nitrogens with zero attached hydrogens (tertiary/aromatic N) is 3. The molecule has 3 rings (SSSR count). The summed E-state index contributed by atoms with van der Waals surface area (Å²) in [6, 6.07) is 8.13. The zero-order valence-corrected chi connectivity index (χ0v) is 14.0. The van der Waals surface area contributed by atoms with Gasteiger partial charge in [0.15, 0.2) is 0 Å². The summed E-state index contributed by atoms with van der Waals surface area (Å²) in [6.45, 7) is 2.81. The molecule has 5 nitrogen and oxygen atoms in total. The second kappa shape index (κ2) is 7.15. The normalized spacial score (nSPS) is 18.8. The van der Waals surface area contributed by atoms with E-state index in [4.69, 9.17) is 11.6 Å². The average Bonchev–Trinajstić information content (AvgIpc) is 2.97. The molecule has 0 aliphatic carbocycles. The highest BCUT2D eigenvalue weighted by Crippen LogP contribution is 2.16. The third-order valence-corrected chi connectivity index (χ3v) is 4.38. The van der Waals surface area contributed by atoms with Crippen molar-refractivity contribution < 1.29 is 4.79 Å². The highest BCUT2D eigenvalue weighted by atomic mass is 35.5. The standard InChI is InChI=1S/C17H21ClN4O/c1-21-11-14(9-19-21)17(23)20-16-3-2-8-22(12-16)10-13-4-6-15(18)7-5-13/h4-7,9,11,16H,2-3,8,10,12H2,1H3,(H,20,23). The number of nitrogens with one attached hydrogen (secondary N) is 1. The minimum Gasteiger partial charge on any atom is -0.348 e. The van der Waals surface area contributed by atoms with Crippen molar-refractivity contribution in [1.82, 2.24) is 20.0 Å². The van der Waals surface area contributed by atoms with Crippen LogP contribution in [0.2, 0.25) is 5.02 Å². The molecule has 6 heteroatoms. The Labute approximate surface area is 141 Å². The van der Waals surface area contributed by atoms with Gasteiger partial charge in [0.2, 0.25) is 0 Å². The Bertz CT molecular complexity index is 667. The van der Waals surface area contributed by atoms with Gasteiger partial charge in [-0.1, -0.05) is 23.7 Å². The molecule has 1 fully saturated rings. The lowest BCUT2D eigenvalue weighted by molar-refractivity contribution is 0.0900. The minimum absolute atomic E-state index is 0.0450. The van der Waals surface area contributed by atoms with E-state index in [0.29, 0.717) is 5.56 Å². The molecule has 2 heterocycles. The summed E-state index contributed by atoms with van der Waals surface area (Å²) in [6.07, 6.45) is 5.45. The average molecular weight is 333 g/mol. The van der Waals surface area contributed by atoms with Crippen LogP contribution in [0.5, 0.6) is 0 Å². The van der Waals surface area contributed by atoms with E-state index in [0.717, 1.165) is 37.5 Å². The summed E-state index contributed by atoms with van der Waals surface area (Å²) in [5.74, 6) is -0.0450. The van der Waals surface area contributed by atoms with Crippen molar-refractivity contribution in [3.8, 4) is 0 Å².